The molecule has 0 spiro atoms. The summed E-state index contributed by atoms with van der Waals surface area (Å²) in [6, 6.07) is 8.44. The van der Waals surface area contributed by atoms with Gasteiger partial charge in [-0.2, -0.15) is 0 Å². The van der Waals surface area contributed by atoms with Crippen molar-refractivity contribution in [3.05, 3.63) is 29.8 Å². The maximum Gasteiger partial charge on any atom is 0.222 e. The van der Waals surface area contributed by atoms with E-state index in [0.29, 0.717) is 18.4 Å². The molecule has 0 bridgehead atoms. The first-order valence-electron chi connectivity index (χ1n) is 8.08. The molecule has 2 aliphatic rings. The van der Waals surface area contributed by atoms with Gasteiger partial charge in [0.25, 0.3) is 0 Å². The van der Waals surface area contributed by atoms with E-state index in [-0.39, 0.29) is 0 Å². The Morgan fingerprint density at radius 2 is 2.05 bits per heavy atom. The van der Waals surface area contributed by atoms with Crippen molar-refractivity contribution < 1.29 is 4.79 Å². The lowest BCUT2D eigenvalue weighted by molar-refractivity contribution is -0.130. The first-order valence-corrected chi connectivity index (χ1v) is 8.08. The van der Waals surface area contributed by atoms with Crippen LogP contribution in [0.2, 0.25) is 0 Å². The third-order valence-corrected chi connectivity index (χ3v) is 4.75. The Labute approximate surface area is 126 Å². The van der Waals surface area contributed by atoms with E-state index >= 15 is 0 Å². The number of aryl methyl sites for hydroxylation is 1. The number of benzene rings is 1. The van der Waals surface area contributed by atoms with Crippen molar-refractivity contribution in [2.45, 2.75) is 38.1 Å². The minimum Gasteiger partial charge on any atom is -0.399 e. The van der Waals surface area contributed by atoms with E-state index in [0.717, 1.165) is 37.2 Å². The Hall–Kier alpha value is -1.55. The van der Waals surface area contributed by atoms with Crippen molar-refractivity contribution in [1.29, 1.82) is 0 Å². The molecule has 2 fully saturated rings. The third kappa shape index (κ3) is 3.56. The molecule has 1 unspecified atom stereocenters. The van der Waals surface area contributed by atoms with Gasteiger partial charge in [0.05, 0.1) is 0 Å². The van der Waals surface area contributed by atoms with E-state index in [4.69, 9.17) is 5.73 Å². The van der Waals surface area contributed by atoms with E-state index in [1.54, 1.807) is 0 Å². The number of amides is 1. The summed E-state index contributed by atoms with van der Waals surface area (Å²) in [5.74, 6) is 0.291. The van der Waals surface area contributed by atoms with Crippen LogP contribution in [-0.4, -0.2) is 47.9 Å². The van der Waals surface area contributed by atoms with Crippen LogP contribution < -0.4 is 5.73 Å². The molecule has 114 valence electrons. The summed E-state index contributed by atoms with van der Waals surface area (Å²) in [5.41, 5.74) is 7.70. The maximum atomic E-state index is 12.3. The second-order valence-electron chi connectivity index (χ2n) is 6.27. The first-order chi connectivity index (χ1) is 10.2. The molecular weight excluding hydrogens is 262 g/mol. The summed E-state index contributed by atoms with van der Waals surface area (Å²) in [7, 11) is 0. The van der Waals surface area contributed by atoms with Gasteiger partial charge in [0, 0.05) is 31.2 Å². The number of nitrogen functional groups attached to an aromatic ring is 1. The molecule has 0 aromatic heterocycles. The van der Waals surface area contributed by atoms with Gasteiger partial charge in [-0.1, -0.05) is 12.1 Å². The van der Waals surface area contributed by atoms with Gasteiger partial charge in [-0.3, -0.25) is 9.69 Å². The van der Waals surface area contributed by atoms with Crippen LogP contribution >= 0.6 is 0 Å². The van der Waals surface area contributed by atoms with E-state index in [9.17, 15) is 4.79 Å². The van der Waals surface area contributed by atoms with Gasteiger partial charge < -0.3 is 10.6 Å². The van der Waals surface area contributed by atoms with Crippen molar-refractivity contribution in [3.8, 4) is 0 Å². The number of carbonyl (C=O) groups excluding carboxylic acids is 1. The fourth-order valence-electron chi connectivity index (χ4n) is 3.53. The number of rotatable bonds is 4. The number of hydrogen-bond acceptors (Lipinski definition) is 3. The molecule has 2 saturated heterocycles. The molecule has 4 nitrogen and oxygen atoms in total. The molecular formula is C17H25N3O. The summed E-state index contributed by atoms with van der Waals surface area (Å²) in [5, 5.41) is 0. The van der Waals surface area contributed by atoms with Crippen LogP contribution in [0.4, 0.5) is 5.69 Å². The highest BCUT2D eigenvalue weighted by Crippen LogP contribution is 2.21. The van der Waals surface area contributed by atoms with Gasteiger partial charge in [-0.05, 0) is 56.5 Å². The Balaban J connectivity index is 1.47. The Morgan fingerprint density at radius 1 is 1.24 bits per heavy atom. The molecule has 1 aromatic rings. The number of hydrogen-bond donors (Lipinski definition) is 1. The molecule has 2 heterocycles. The molecule has 2 aliphatic heterocycles. The fourth-order valence-corrected chi connectivity index (χ4v) is 3.53. The van der Waals surface area contributed by atoms with E-state index in [1.807, 2.05) is 24.3 Å². The second kappa shape index (κ2) is 6.48. The lowest BCUT2D eigenvalue weighted by Gasteiger charge is -2.23. The molecule has 0 saturated carbocycles. The normalized spacial score (nSPS) is 22.9. The molecule has 1 amide bonds. The SMILES string of the molecule is Nc1cccc(CCC(=O)N2CCC(N3CCCC3)C2)c1. The van der Waals surface area contributed by atoms with Crippen LogP contribution in [0.15, 0.2) is 24.3 Å². The number of nitrogens with two attached hydrogens (primary N) is 1. The number of anilines is 1. The third-order valence-electron chi connectivity index (χ3n) is 4.75. The maximum absolute atomic E-state index is 12.3. The quantitative estimate of drug-likeness (QED) is 0.861. The van der Waals surface area contributed by atoms with Gasteiger partial charge >= 0.3 is 0 Å². The lowest BCUT2D eigenvalue weighted by atomic mass is 10.1. The molecule has 4 heteroatoms. The Kier molecular flexibility index (Phi) is 4.44. The number of nitrogens with zero attached hydrogens (tertiary/aromatic N) is 2. The number of likely N-dealkylation sites (tertiary alicyclic amines) is 2. The largest absolute Gasteiger partial charge is 0.399 e. The smallest absolute Gasteiger partial charge is 0.222 e. The van der Waals surface area contributed by atoms with Crippen LogP contribution in [0.25, 0.3) is 0 Å². The van der Waals surface area contributed by atoms with Gasteiger partial charge in [-0.25, -0.2) is 0 Å². The molecule has 3 rings (SSSR count). The first kappa shape index (κ1) is 14.4. The Bertz CT molecular complexity index is 497. The van der Waals surface area contributed by atoms with Crippen LogP contribution in [0.5, 0.6) is 0 Å². The summed E-state index contributed by atoms with van der Waals surface area (Å²) >= 11 is 0. The highest BCUT2D eigenvalue weighted by atomic mass is 16.2. The zero-order valence-electron chi connectivity index (χ0n) is 12.6. The van der Waals surface area contributed by atoms with Gasteiger partial charge in [0.15, 0.2) is 0 Å². The van der Waals surface area contributed by atoms with Crippen molar-refractivity contribution in [2.24, 2.45) is 0 Å². The van der Waals surface area contributed by atoms with Crippen molar-refractivity contribution in [2.75, 3.05) is 31.9 Å². The predicted molar refractivity (Wildman–Crippen MR) is 85.0 cm³/mol. The standard InChI is InChI=1S/C17H25N3O/c18-15-5-3-4-14(12-15)6-7-17(21)20-11-8-16(13-20)19-9-1-2-10-19/h3-5,12,16H,1-2,6-11,13,18H2. The van der Waals surface area contributed by atoms with Crippen LogP contribution in [0.1, 0.15) is 31.2 Å². The van der Waals surface area contributed by atoms with Crippen molar-refractivity contribution >= 4 is 11.6 Å². The minimum absolute atomic E-state index is 0.291. The van der Waals surface area contributed by atoms with Gasteiger partial charge in [0.1, 0.15) is 0 Å². The summed E-state index contributed by atoms with van der Waals surface area (Å²) in [6.45, 7) is 4.29. The summed E-state index contributed by atoms with van der Waals surface area (Å²) in [6.07, 6.45) is 5.16. The summed E-state index contributed by atoms with van der Waals surface area (Å²) in [4.78, 5) is 17.0. The van der Waals surface area contributed by atoms with Gasteiger partial charge in [-0.15, -0.1) is 0 Å². The minimum atomic E-state index is 0.291. The topological polar surface area (TPSA) is 49.6 Å². The Morgan fingerprint density at radius 3 is 2.81 bits per heavy atom. The highest BCUT2D eigenvalue weighted by molar-refractivity contribution is 5.76. The fraction of sp³-hybridized carbons (Fsp3) is 0.588. The molecule has 0 radical (unpaired) electrons. The molecule has 2 N–H and O–H groups in total. The molecule has 0 aliphatic carbocycles. The average Bonchev–Trinajstić information content (AvgIpc) is 3.15. The van der Waals surface area contributed by atoms with Gasteiger partial charge in [0.2, 0.25) is 5.91 Å². The average molecular weight is 287 g/mol. The number of carbonyl (C=O) groups is 1. The molecule has 1 aromatic carbocycles. The molecule has 1 atom stereocenters. The lowest BCUT2D eigenvalue weighted by Crippen LogP contribution is -2.37. The predicted octanol–water partition coefficient (Wildman–Crippen LogP) is 1.90. The monoisotopic (exact) mass is 287 g/mol. The zero-order valence-corrected chi connectivity index (χ0v) is 12.6. The van der Waals surface area contributed by atoms with Crippen molar-refractivity contribution in [3.63, 3.8) is 0 Å². The molecule has 21 heavy (non-hydrogen) atoms. The van der Waals surface area contributed by atoms with Crippen LogP contribution in [0, 0.1) is 0 Å². The van der Waals surface area contributed by atoms with Crippen LogP contribution in [0.3, 0.4) is 0 Å². The zero-order chi connectivity index (χ0) is 14.7. The van der Waals surface area contributed by atoms with E-state index in [2.05, 4.69) is 9.80 Å². The van der Waals surface area contributed by atoms with E-state index in [1.165, 1.54) is 25.9 Å². The summed E-state index contributed by atoms with van der Waals surface area (Å²) < 4.78 is 0. The second-order valence-corrected chi connectivity index (χ2v) is 6.27. The van der Waals surface area contributed by atoms with Crippen LogP contribution in [-0.2, 0) is 11.2 Å². The van der Waals surface area contributed by atoms with Crippen molar-refractivity contribution in [1.82, 2.24) is 9.80 Å². The highest BCUT2D eigenvalue weighted by Gasteiger charge is 2.31. The van der Waals surface area contributed by atoms with E-state index < -0.39 is 0 Å².